The highest BCUT2D eigenvalue weighted by atomic mass is 16.5. The zero-order valence-electron chi connectivity index (χ0n) is 13.0. The van der Waals surface area contributed by atoms with Crippen molar-refractivity contribution in [3.8, 4) is 16.9 Å². The number of rotatable bonds is 6. The smallest absolute Gasteiger partial charge is 0.371 e. The van der Waals surface area contributed by atoms with Gasteiger partial charge < -0.3 is 14.3 Å². The Kier molecular flexibility index (Phi) is 4.98. The molecule has 2 heterocycles. The van der Waals surface area contributed by atoms with Crippen LogP contribution in [0.3, 0.4) is 0 Å². The van der Waals surface area contributed by atoms with Crippen molar-refractivity contribution in [3.05, 3.63) is 42.4 Å². The summed E-state index contributed by atoms with van der Waals surface area (Å²) in [5.74, 6) is -0.334. The minimum atomic E-state index is -1.06. The highest BCUT2D eigenvalue weighted by Gasteiger charge is 2.11. The van der Waals surface area contributed by atoms with Crippen LogP contribution in [0.1, 0.15) is 29.8 Å². The Morgan fingerprint density at radius 1 is 1.17 bits per heavy atom. The van der Waals surface area contributed by atoms with Gasteiger partial charge in [0.25, 0.3) is 0 Å². The van der Waals surface area contributed by atoms with Crippen LogP contribution in [-0.2, 0) is 0 Å². The molecule has 0 spiro atoms. The van der Waals surface area contributed by atoms with Crippen molar-refractivity contribution in [2.75, 3.05) is 26.2 Å². The number of aromatic carboxylic acids is 1. The molecule has 0 amide bonds. The van der Waals surface area contributed by atoms with Gasteiger partial charge in [-0.25, -0.2) is 4.79 Å². The van der Waals surface area contributed by atoms with Crippen molar-refractivity contribution in [2.24, 2.45) is 0 Å². The largest absolute Gasteiger partial charge is 0.492 e. The lowest BCUT2D eigenvalue weighted by molar-refractivity contribution is 0.0662. The summed E-state index contributed by atoms with van der Waals surface area (Å²) in [6.45, 7) is 3.93. The first-order valence-corrected chi connectivity index (χ1v) is 8.00. The molecule has 5 heteroatoms. The number of piperidine rings is 1. The number of carbonyl (C=O) groups is 1. The Hall–Kier alpha value is -2.27. The second kappa shape index (κ2) is 7.33. The standard InChI is InChI=1S/C18H21NO4/c20-18(21)17-12-15(13-23-17)14-5-4-6-16(11-14)22-10-9-19-7-2-1-3-8-19/h4-6,11-13H,1-3,7-10H2,(H,20,21). The van der Waals surface area contributed by atoms with Gasteiger partial charge >= 0.3 is 5.97 Å². The Morgan fingerprint density at radius 2 is 2.00 bits per heavy atom. The molecule has 1 saturated heterocycles. The lowest BCUT2D eigenvalue weighted by Gasteiger charge is -2.26. The van der Waals surface area contributed by atoms with E-state index in [2.05, 4.69) is 4.90 Å². The molecule has 0 bridgehead atoms. The fourth-order valence-electron chi connectivity index (χ4n) is 2.84. The quantitative estimate of drug-likeness (QED) is 0.884. The van der Waals surface area contributed by atoms with Gasteiger partial charge in [-0.15, -0.1) is 0 Å². The fraction of sp³-hybridized carbons (Fsp3) is 0.389. The van der Waals surface area contributed by atoms with E-state index in [0.29, 0.717) is 6.61 Å². The van der Waals surface area contributed by atoms with E-state index < -0.39 is 5.97 Å². The Balaban J connectivity index is 1.59. The number of furan rings is 1. The Bertz CT molecular complexity index is 659. The van der Waals surface area contributed by atoms with Crippen LogP contribution < -0.4 is 4.74 Å². The third-order valence-electron chi connectivity index (χ3n) is 4.10. The molecule has 1 aliphatic rings. The van der Waals surface area contributed by atoms with Crippen LogP contribution in [0.5, 0.6) is 5.75 Å². The van der Waals surface area contributed by atoms with Gasteiger partial charge in [0.15, 0.2) is 0 Å². The molecule has 1 N–H and O–H groups in total. The number of carboxylic acids is 1. The predicted molar refractivity (Wildman–Crippen MR) is 86.9 cm³/mol. The van der Waals surface area contributed by atoms with Crippen LogP contribution in [0.4, 0.5) is 0 Å². The molecular weight excluding hydrogens is 294 g/mol. The van der Waals surface area contributed by atoms with E-state index in [9.17, 15) is 4.79 Å². The fourth-order valence-corrected chi connectivity index (χ4v) is 2.84. The van der Waals surface area contributed by atoms with Crippen LogP contribution in [0, 0.1) is 0 Å². The highest BCUT2D eigenvalue weighted by molar-refractivity contribution is 5.86. The molecule has 1 fully saturated rings. The minimum Gasteiger partial charge on any atom is -0.492 e. The maximum absolute atomic E-state index is 10.9. The number of carboxylic acid groups (broad SMARTS) is 1. The van der Waals surface area contributed by atoms with Gasteiger partial charge in [-0.2, -0.15) is 0 Å². The molecule has 1 aromatic heterocycles. The molecule has 0 saturated carbocycles. The summed E-state index contributed by atoms with van der Waals surface area (Å²) in [5.41, 5.74) is 1.63. The molecule has 122 valence electrons. The first kappa shape index (κ1) is 15.6. The average Bonchev–Trinajstić information content (AvgIpc) is 3.07. The first-order chi connectivity index (χ1) is 11.2. The van der Waals surface area contributed by atoms with E-state index in [0.717, 1.165) is 36.5 Å². The summed E-state index contributed by atoms with van der Waals surface area (Å²) in [5, 5.41) is 8.92. The maximum Gasteiger partial charge on any atom is 0.371 e. The molecule has 23 heavy (non-hydrogen) atoms. The number of hydrogen-bond acceptors (Lipinski definition) is 4. The Morgan fingerprint density at radius 3 is 2.74 bits per heavy atom. The molecule has 3 rings (SSSR count). The lowest BCUT2D eigenvalue weighted by atomic mass is 10.1. The highest BCUT2D eigenvalue weighted by Crippen LogP contribution is 2.26. The van der Waals surface area contributed by atoms with Gasteiger partial charge in [0.05, 0.1) is 6.26 Å². The van der Waals surface area contributed by atoms with Crippen molar-refractivity contribution >= 4 is 5.97 Å². The molecule has 5 nitrogen and oxygen atoms in total. The molecule has 1 aliphatic heterocycles. The average molecular weight is 315 g/mol. The van der Waals surface area contributed by atoms with Gasteiger partial charge in [-0.3, -0.25) is 4.90 Å². The number of likely N-dealkylation sites (tertiary alicyclic amines) is 1. The van der Waals surface area contributed by atoms with E-state index in [4.69, 9.17) is 14.3 Å². The van der Waals surface area contributed by atoms with Gasteiger partial charge in [-0.05, 0) is 49.7 Å². The topological polar surface area (TPSA) is 62.9 Å². The van der Waals surface area contributed by atoms with Gasteiger partial charge in [0.2, 0.25) is 5.76 Å². The summed E-state index contributed by atoms with van der Waals surface area (Å²) < 4.78 is 10.9. The first-order valence-electron chi connectivity index (χ1n) is 8.00. The normalized spacial score (nSPS) is 15.5. The molecule has 1 aromatic carbocycles. The zero-order chi connectivity index (χ0) is 16.1. The van der Waals surface area contributed by atoms with Gasteiger partial charge in [0, 0.05) is 12.1 Å². The third kappa shape index (κ3) is 4.13. The molecular formula is C18H21NO4. The molecule has 0 radical (unpaired) electrons. The second-order valence-electron chi connectivity index (χ2n) is 5.78. The van der Waals surface area contributed by atoms with E-state index in [1.54, 1.807) is 0 Å². The van der Waals surface area contributed by atoms with Crippen molar-refractivity contribution in [3.63, 3.8) is 0 Å². The number of hydrogen-bond donors (Lipinski definition) is 1. The van der Waals surface area contributed by atoms with Gasteiger partial charge in [-0.1, -0.05) is 18.6 Å². The van der Waals surface area contributed by atoms with E-state index in [1.807, 2.05) is 24.3 Å². The third-order valence-corrected chi connectivity index (χ3v) is 4.10. The van der Waals surface area contributed by atoms with Crippen molar-refractivity contribution in [2.45, 2.75) is 19.3 Å². The summed E-state index contributed by atoms with van der Waals surface area (Å²) in [4.78, 5) is 13.3. The summed E-state index contributed by atoms with van der Waals surface area (Å²) in [6.07, 6.45) is 5.35. The van der Waals surface area contributed by atoms with Crippen molar-refractivity contribution < 1.29 is 19.1 Å². The maximum atomic E-state index is 10.9. The monoisotopic (exact) mass is 315 g/mol. The SMILES string of the molecule is O=C(O)c1cc(-c2cccc(OCCN3CCCCC3)c2)co1. The molecule has 0 unspecified atom stereocenters. The summed E-state index contributed by atoms with van der Waals surface area (Å²) >= 11 is 0. The van der Waals surface area contributed by atoms with Crippen LogP contribution in [0.2, 0.25) is 0 Å². The van der Waals surface area contributed by atoms with Crippen LogP contribution >= 0.6 is 0 Å². The second-order valence-corrected chi connectivity index (χ2v) is 5.78. The lowest BCUT2D eigenvalue weighted by Crippen LogP contribution is -2.33. The van der Waals surface area contributed by atoms with E-state index in [1.165, 1.54) is 31.6 Å². The Labute approximate surface area is 135 Å². The number of ether oxygens (including phenoxy) is 1. The molecule has 0 aliphatic carbocycles. The predicted octanol–water partition coefficient (Wildman–Crippen LogP) is 3.51. The summed E-state index contributed by atoms with van der Waals surface area (Å²) in [7, 11) is 0. The zero-order valence-corrected chi connectivity index (χ0v) is 13.0. The minimum absolute atomic E-state index is 0.0589. The molecule has 0 atom stereocenters. The van der Waals surface area contributed by atoms with Crippen LogP contribution in [0.25, 0.3) is 11.1 Å². The van der Waals surface area contributed by atoms with Crippen molar-refractivity contribution in [1.29, 1.82) is 0 Å². The van der Waals surface area contributed by atoms with Gasteiger partial charge in [0.1, 0.15) is 12.4 Å². The van der Waals surface area contributed by atoms with E-state index >= 15 is 0 Å². The molecule has 2 aromatic rings. The van der Waals surface area contributed by atoms with E-state index in [-0.39, 0.29) is 5.76 Å². The van der Waals surface area contributed by atoms with Crippen LogP contribution in [0.15, 0.2) is 41.0 Å². The van der Waals surface area contributed by atoms with Crippen LogP contribution in [-0.4, -0.2) is 42.2 Å². The number of nitrogens with zero attached hydrogens (tertiary/aromatic N) is 1. The summed E-state index contributed by atoms with van der Waals surface area (Å²) in [6, 6.07) is 9.16. The number of benzene rings is 1. The van der Waals surface area contributed by atoms with Crippen molar-refractivity contribution in [1.82, 2.24) is 4.90 Å².